The lowest BCUT2D eigenvalue weighted by Gasteiger charge is -2.12. The molecule has 39 nitrogen and oxygen atoms in total. The first-order chi connectivity index (χ1) is 71.1. The standard InChI is InChI=1S/C36H14N12.C35H13N13.C34H12N14/c37-11-19(12-38)25-29-31(27-23-15-41-17-43-35(23)47(33(25)27)21-7-3-1-4-8-21)46-30-26(20(13-39)14-40)34-28(32(30)45-29)24-16-42-18-44-36(24)48(34)22-9-5-2-6-10-22;36-9-18(10-37)24-28-30(26-22-14-41-16-43-34(22)47(32(24)26)20-5-2-1-3-6-20)46-29-25(19(11-38)12-39)33-27(31(29)45-28)23-15-42-17-44-35(23)48(33)21-7-4-8-40-13-21;35-9-17(10-36)23-27-29(25-19-13-39-15-43-33(19)47(31(23)25)21-5-1-3-7-41-21)46-28-24(18(11-37)12-38)32-26(30(28)45-27)20-14-40-16-44-34(20)48(32)22-6-2-4-8-42-22/h1-10,15-18H;1-8,13-17H;1-8,13-16H. The minimum atomic E-state index is -0.194. The van der Waals surface area contributed by atoms with Crippen LogP contribution in [0.25, 0.3) is 202 Å². The van der Waals surface area contributed by atoms with Gasteiger partial charge in [-0.15, -0.1) is 0 Å². The predicted molar refractivity (Wildman–Crippen MR) is 510 cm³/mol. The molecule has 0 N–H and O–H groups in total. The second-order valence-electron chi connectivity index (χ2n) is 32.2. The molecule has 18 aromatic heterocycles. The van der Waals surface area contributed by atoms with Gasteiger partial charge in [0.25, 0.3) is 0 Å². The van der Waals surface area contributed by atoms with Gasteiger partial charge < -0.3 is 0 Å². The third-order valence-corrected chi connectivity index (χ3v) is 25.3. The van der Waals surface area contributed by atoms with E-state index < -0.39 is 0 Å². The van der Waals surface area contributed by atoms with Crippen LogP contribution >= 0.6 is 0 Å². The van der Waals surface area contributed by atoms with Crippen molar-refractivity contribution in [3.8, 4) is 175 Å². The molecule has 144 heavy (non-hydrogen) atoms. The Kier molecular flexibility index (Phi) is 18.3. The molecule has 21 aromatic rings. The summed E-state index contributed by atoms with van der Waals surface area (Å²) >= 11 is 0. The van der Waals surface area contributed by atoms with Crippen LogP contribution in [0.5, 0.6) is 0 Å². The largest absolute Gasteiger partial charge is 0.293 e. The molecule has 3 aromatic carbocycles. The van der Waals surface area contributed by atoms with Gasteiger partial charge in [-0.25, -0.2) is 99.7 Å². The van der Waals surface area contributed by atoms with Gasteiger partial charge in [0, 0.05) is 139 Å². The van der Waals surface area contributed by atoms with E-state index in [-0.39, 0.29) is 67.1 Å². The summed E-state index contributed by atoms with van der Waals surface area (Å²) in [5.74, 6) is 0.982. The lowest BCUT2D eigenvalue weighted by molar-refractivity contribution is 1.000. The Labute approximate surface area is 806 Å². The van der Waals surface area contributed by atoms with E-state index in [4.69, 9.17) is 29.9 Å². The van der Waals surface area contributed by atoms with Crippen LogP contribution in [0.2, 0.25) is 0 Å². The molecule has 654 valence electrons. The van der Waals surface area contributed by atoms with Gasteiger partial charge in [-0.05, 0) is 72.8 Å². The monoisotopic (exact) mass is 1850 g/mol. The first-order valence-corrected chi connectivity index (χ1v) is 43.1. The molecule has 0 atom stereocenters. The minimum absolute atomic E-state index is 0.157. The maximum Gasteiger partial charge on any atom is 0.150 e. The van der Waals surface area contributed by atoms with Crippen molar-refractivity contribution in [2.24, 2.45) is 0 Å². The van der Waals surface area contributed by atoms with Crippen molar-refractivity contribution < 1.29 is 0 Å². The summed E-state index contributed by atoms with van der Waals surface area (Å²) in [5, 5.41) is 127. The molecule has 0 bridgehead atoms. The number of nitrogens with zero attached hydrogens (tertiary/aromatic N) is 39. The molecular weight excluding hydrogens is 1810 g/mol. The molecule has 27 rings (SSSR count). The van der Waals surface area contributed by atoms with Crippen LogP contribution in [-0.4, -0.2) is 132 Å². The molecule has 0 unspecified atom stereocenters. The Morgan fingerprint density at radius 1 is 0.188 bits per heavy atom. The van der Waals surface area contributed by atoms with E-state index in [0.717, 1.165) is 17.1 Å². The van der Waals surface area contributed by atoms with Crippen molar-refractivity contribution in [1.82, 2.24) is 132 Å². The molecule has 0 aliphatic heterocycles. The van der Waals surface area contributed by atoms with Crippen molar-refractivity contribution in [2.45, 2.75) is 0 Å². The molecule has 0 radical (unpaired) electrons. The van der Waals surface area contributed by atoms with Crippen LogP contribution < -0.4 is 0 Å². The van der Waals surface area contributed by atoms with E-state index in [0.29, 0.717) is 219 Å². The zero-order valence-corrected chi connectivity index (χ0v) is 73.0. The van der Waals surface area contributed by atoms with Crippen LogP contribution in [0.1, 0.15) is 68.3 Å². The quantitative estimate of drug-likeness (QED) is 0.140. The van der Waals surface area contributed by atoms with Gasteiger partial charge in [0.15, 0.2) is 0 Å². The summed E-state index contributed by atoms with van der Waals surface area (Å²) in [4.78, 5) is 97.3. The summed E-state index contributed by atoms with van der Waals surface area (Å²) in [6.07, 6.45) is 24.9. The molecule has 0 amide bonds. The van der Waals surface area contributed by atoms with E-state index in [1.807, 2.05) is 152 Å². The molecule has 0 spiro atoms. The van der Waals surface area contributed by atoms with E-state index in [9.17, 15) is 63.1 Å². The number of pyridine rings is 3. The average Bonchev–Trinajstić information content (AvgIpc) is 1.52. The zero-order chi connectivity index (χ0) is 97.6. The lowest BCUT2D eigenvalue weighted by atomic mass is 10.1. The number of rotatable bonds is 6. The SMILES string of the molecule is N#CC(C#N)=C1c2nc3c(nc2-c2c1n(-c1ccccc1)c1ncncc21)C(=C(C#N)C#N)c1c-3c2cncnc2n1-c1ccccc1.N#CC(C#N)=C1c2nc3c(nc2-c2c1n(-c1ccccc1)c1ncncc21)C(=C(C#N)C#N)c1c-3c2cncnc2n1-c1cccnc1.N#CC(C#N)=C1c2nc3c(nc2-c2c1n(-c1ccccn1)c1ncncc21)C(=C(C#N)C#N)c1c-3c2cncnc2n1-c1ccccn1. The maximum atomic E-state index is 10.3. The summed E-state index contributed by atoms with van der Waals surface area (Å²) in [7, 11) is 0. The van der Waals surface area contributed by atoms with Gasteiger partial charge >= 0.3 is 0 Å². The predicted octanol–water partition coefficient (Wildman–Crippen LogP) is 15.0. The van der Waals surface area contributed by atoms with E-state index in [1.165, 1.54) is 38.0 Å². The van der Waals surface area contributed by atoms with Crippen LogP contribution in [0.3, 0.4) is 0 Å². The van der Waals surface area contributed by atoms with Crippen molar-refractivity contribution in [3.05, 3.63) is 341 Å². The van der Waals surface area contributed by atoms with Gasteiger partial charge in [0.1, 0.15) is 258 Å². The number of allylic oxidation sites excluding steroid dienone is 6. The molecule has 0 saturated carbocycles. The first-order valence-electron chi connectivity index (χ1n) is 43.1. The van der Waals surface area contributed by atoms with Gasteiger partial charge in [0.05, 0.1) is 79.5 Å². The topological polar surface area (TPSA) is 586 Å². The number of hydrogen-bond acceptors (Lipinski definition) is 33. The molecule has 39 heteroatoms. The molecule has 6 aliphatic carbocycles. The minimum Gasteiger partial charge on any atom is -0.293 e. The smallest absolute Gasteiger partial charge is 0.150 e. The highest BCUT2D eigenvalue weighted by molar-refractivity contribution is 6.20. The van der Waals surface area contributed by atoms with Crippen molar-refractivity contribution in [1.29, 1.82) is 63.1 Å². The highest BCUT2D eigenvalue weighted by Crippen LogP contribution is 2.60. The highest BCUT2D eigenvalue weighted by atomic mass is 15.2. The number of fused-ring (bicyclic) bond motifs is 30. The lowest BCUT2D eigenvalue weighted by Crippen LogP contribution is -2.05. The van der Waals surface area contributed by atoms with Crippen molar-refractivity contribution in [3.63, 3.8) is 0 Å². The summed E-state index contributed by atoms with van der Waals surface area (Å²) in [6, 6.07) is 67.4. The fourth-order valence-electron chi connectivity index (χ4n) is 20.0. The average molecular weight is 1850 g/mol. The Balaban J connectivity index is 0.000000113. The maximum absolute atomic E-state index is 10.3. The third-order valence-electron chi connectivity index (χ3n) is 25.3. The van der Waals surface area contributed by atoms with E-state index in [2.05, 4.69) is 123 Å². The van der Waals surface area contributed by atoms with Gasteiger partial charge in [-0.2, -0.15) is 63.1 Å². The second-order valence-corrected chi connectivity index (χ2v) is 32.2. The fourth-order valence-corrected chi connectivity index (χ4v) is 20.0. The summed E-state index contributed by atoms with van der Waals surface area (Å²) in [5.41, 5.74) is 16.8. The fraction of sp³-hybridized carbons (Fsp3) is 0. The van der Waals surface area contributed by atoms with Crippen LogP contribution in [-0.2, 0) is 0 Å². The molecule has 0 saturated heterocycles. The van der Waals surface area contributed by atoms with Crippen LogP contribution in [0.4, 0.5) is 0 Å². The Morgan fingerprint density at radius 2 is 0.396 bits per heavy atom. The normalized spacial score (nSPS) is 12.0. The zero-order valence-electron chi connectivity index (χ0n) is 73.0. The third kappa shape index (κ3) is 11.4. The number of nitriles is 12. The Bertz CT molecular complexity index is 8680. The summed E-state index contributed by atoms with van der Waals surface area (Å²) in [6.45, 7) is 0. The van der Waals surface area contributed by atoms with Crippen molar-refractivity contribution in [2.75, 3.05) is 0 Å². The number of benzene rings is 3. The Morgan fingerprint density at radius 3 is 0.604 bits per heavy atom. The Hall–Kier alpha value is -23.6. The number of para-hydroxylation sites is 3. The molecule has 0 fully saturated rings. The summed E-state index contributed by atoms with van der Waals surface area (Å²) < 4.78 is 10.9. The van der Waals surface area contributed by atoms with Gasteiger partial charge in [0.2, 0.25) is 0 Å². The second kappa shape index (κ2) is 32.1. The van der Waals surface area contributed by atoms with E-state index >= 15 is 0 Å². The number of aromatic nitrogens is 27. The van der Waals surface area contributed by atoms with Crippen LogP contribution in [0.15, 0.2) is 273 Å². The molecule has 18 heterocycles. The van der Waals surface area contributed by atoms with Gasteiger partial charge in [-0.3, -0.25) is 32.4 Å². The first kappa shape index (κ1) is 82.3. The van der Waals surface area contributed by atoms with E-state index in [1.54, 1.807) is 101 Å². The molecule has 6 aliphatic rings. The van der Waals surface area contributed by atoms with Crippen LogP contribution in [0, 0.1) is 136 Å². The highest BCUT2D eigenvalue weighted by Gasteiger charge is 2.48. The molecular formula is C105H39N39. The number of hydrogen-bond donors (Lipinski definition) is 0. The van der Waals surface area contributed by atoms with Gasteiger partial charge in [-0.1, -0.05) is 66.7 Å². The van der Waals surface area contributed by atoms with Crippen molar-refractivity contribution >= 4 is 99.6 Å².